The molecule has 8 heteroatoms. The zero-order valence-electron chi connectivity index (χ0n) is 16.0. The molecule has 0 spiro atoms. The molecule has 142 valence electrons. The van der Waals surface area contributed by atoms with E-state index in [-0.39, 0.29) is 5.91 Å². The average molecular weight is 367 g/mol. The maximum atomic E-state index is 12.9. The lowest BCUT2D eigenvalue weighted by Crippen LogP contribution is -2.33. The Morgan fingerprint density at radius 1 is 1.26 bits per heavy atom. The summed E-state index contributed by atoms with van der Waals surface area (Å²) in [7, 11) is 2.14. The number of amides is 1. The number of carbonyl (C=O) groups is 1. The van der Waals surface area contributed by atoms with Crippen molar-refractivity contribution in [3.63, 3.8) is 0 Å². The second-order valence-electron chi connectivity index (χ2n) is 7.34. The van der Waals surface area contributed by atoms with Gasteiger partial charge in [-0.1, -0.05) is 17.3 Å². The van der Waals surface area contributed by atoms with Crippen molar-refractivity contribution in [1.29, 1.82) is 0 Å². The van der Waals surface area contributed by atoms with Crippen LogP contribution in [0.1, 0.15) is 37.4 Å². The van der Waals surface area contributed by atoms with Gasteiger partial charge in [0.05, 0.1) is 17.8 Å². The van der Waals surface area contributed by atoms with E-state index in [0.29, 0.717) is 6.04 Å². The van der Waals surface area contributed by atoms with Crippen molar-refractivity contribution in [2.45, 2.75) is 38.8 Å². The second-order valence-corrected chi connectivity index (χ2v) is 7.34. The number of benzene rings is 1. The van der Waals surface area contributed by atoms with Crippen LogP contribution in [-0.2, 0) is 4.79 Å². The van der Waals surface area contributed by atoms with Crippen molar-refractivity contribution in [3.8, 4) is 0 Å². The zero-order valence-corrected chi connectivity index (χ0v) is 16.0. The van der Waals surface area contributed by atoms with Gasteiger partial charge in [-0.15, -0.1) is 5.10 Å². The third-order valence-corrected chi connectivity index (χ3v) is 5.38. The number of nitrogens with one attached hydrogen (secondary N) is 1. The van der Waals surface area contributed by atoms with Gasteiger partial charge in [0.2, 0.25) is 5.91 Å². The number of para-hydroxylation sites is 1. The van der Waals surface area contributed by atoms with Crippen LogP contribution < -0.4 is 5.32 Å². The summed E-state index contributed by atoms with van der Waals surface area (Å²) in [5.41, 5.74) is 2.60. The molecule has 3 aromatic rings. The lowest BCUT2D eigenvalue weighted by molar-refractivity contribution is -0.119. The first kappa shape index (κ1) is 17.7. The van der Waals surface area contributed by atoms with Crippen molar-refractivity contribution in [2.24, 2.45) is 0 Å². The third kappa shape index (κ3) is 3.32. The van der Waals surface area contributed by atoms with Crippen LogP contribution in [0.2, 0.25) is 0 Å². The van der Waals surface area contributed by atoms with Gasteiger partial charge in [0.1, 0.15) is 17.4 Å². The van der Waals surface area contributed by atoms with E-state index in [2.05, 4.69) is 32.7 Å². The van der Waals surface area contributed by atoms with Crippen LogP contribution in [0, 0.1) is 6.92 Å². The fourth-order valence-corrected chi connectivity index (χ4v) is 3.63. The molecule has 1 aliphatic rings. The number of fused-ring (bicyclic) bond motifs is 1. The molecule has 1 aromatic carbocycles. The summed E-state index contributed by atoms with van der Waals surface area (Å²) in [4.78, 5) is 15.3. The number of nitrogens with zero attached hydrogens (tertiary/aromatic N) is 6. The van der Waals surface area contributed by atoms with E-state index in [1.54, 1.807) is 4.68 Å². The Bertz CT molecular complexity index is 952. The first-order valence-electron chi connectivity index (χ1n) is 9.38. The minimum atomic E-state index is -0.474. The van der Waals surface area contributed by atoms with Gasteiger partial charge in [0.25, 0.3) is 0 Å². The van der Waals surface area contributed by atoms with Gasteiger partial charge >= 0.3 is 0 Å². The minimum Gasteiger partial charge on any atom is -0.309 e. The number of hydrogen-bond donors (Lipinski definition) is 1. The number of likely N-dealkylation sites (tertiary alicyclic amines) is 1. The molecule has 0 aliphatic carbocycles. The zero-order chi connectivity index (χ0) is 19.0. The molecule has 4 rings (SSSR count). The Balaban J connectivity index is 1.55. The van der Waals surface area contributed by atoms with E-state index in [4.69, 9.17) is 0 Å². The highest BCUT2D eigenvalue weighted by molar-refractivity contribution is 5.94. The van der Waals surface area contributed by atoms with Crippen LogP contribution in [0.25, 0.3) is 11.0 Å². The van der Waals surface area contributed by atoms with Gasteiger partial charge < -0.3 is 10.2 Å². The standard InChI is InChI=1S/C19H25N7O/c1-13-12-20-26(15-8-10-24(3)11-9-15)18(13)21-19(27)14(2)25-17-7-5-4-6-16(17)22-23-25/h4-7,12,14-15H,8-11H2,1-3H3,(H,21,27). The lowest BCUT2D eigenvalue weighted by Gasteiger charge is -2.30. The van der Waals surface area contributed by atoms with E-state index >= 15 is 0 Å². The summed E-state index contributed by atoms with van der Waals surface area (Å²) in [6.07, 6.45) is 3.89. The number of piperidine rings is 1. The Labute approximate surface area is 158 Å². The molecule has 0 radical (unpaired) electrons. The smallest absolute Gasteiger partial charge is 0.250 e. The molecule has 0 saturated carbocycles. The molecule has 1 atom stereocenters. The topological polar surface area (TPSA) is 80.9 Å². The molecule has 1 amide bonds. The summed E-state index contributed by atoms with van der Waals surface area (Å²) in [6.45, 7) is 5.89. The number of hydrogen-bond acceptors (Lipinski definition) is 5. The third-order valence-electron chi connectivity index (χ3n) is 5.38. The van der Waals surface area contributed by atoms with Gasteiger partial charge in [-0.25, -0.2) is 9.36 Å². The molecular formula is C19H25N7O. The molecule has 1 unspecified atom stereocenters. The van der Waals surface area contributed by atoms with E-state index in [1.165, 1.54) is 0 Å². The van der Waals surface area contributed by atoms with Gasteiger partial charge in [0.15, 0.2) is 0 Å². The normalized spacial score (nSPS) is 17.3. The molecule has 27 heavy (non-hydrogen) atoms. The van der Waals surface area contributed by atoms with Crippen LogP contribution in [0.3, 0.4) is 0 Å². The minimum absolute atomic E-state index is 0.122. The number of anilines is 1. The molecular weight excluding hydrogens is 342 g/mol. The molecule has 1 aliphatic heterocycles. The quantitative estimate of drug-likeness (QED) is 0.766. The summed E-state index contributed by atoms with van der Waals surface area (Å²) >= 11 is 0. The maximum absolute atomic E-state index is 12.9. The molecule has 3 heterocycles. The number of aryl methyl sites for hydroxylation is 1. The van der Waals surface area contributed by atoms with Crippen LogP contribution in [0.5, 0.6) is 0 Å². The highest BCUT2D eigenvalue weighted by Gasteiger charge is 2.25. The van der Waals surface area contributed by atoms with Crippen LogP contribution >= 0.6 is 0 Å². The predicted octanol–water partition coefficient (Wildman–Crippen LogP) is 2.40. The van der Waals surface area contributed by atoms with Crippen LogP contribution in [-0.4, -0.2) is 55.7 Å². The maximum Gasteiger partial charge on any atom is 0.250 e. The van der Waals surface area contributed by atoms with Crippen molar-refractivity contribution >= 4 is 22.8 Å². The van der Waals surface area contributed by atoms with Crippen molar-refractivity contribution in [3.05, 3.63) is 36.0 Å². The largest absolute Gasteiger partial charge is 0.309 e. The first-order valence-corrected chi connectivity index (χ1v) is 9.38. The van der Waals surface area contributed by atoms with Crippen LogP contribution in [0.15, 0.2) is 30.5 Å². The van der Waals surface area contributed by atoms with E-state index in [0.717, 1.165) is 48.3 Å². The second kappa shape index (κ2) is 7.11. The average Bonchev–Trinajstić information content (AvgIpc) is 3.26. The van der Waals surface area contributed by atoms with Crippen molar-refractivity contribution in [2.75, 3.05) is 25.5 Å². The van der Waals surface area contributed by atoms with Gasteiger partial charge in [0, 0.05) is 5.56 Å². The van der Waals surface area contributed by atoms with E-state index in [9.17, 15) is 4.79 Å². The van der Waals surface area contributed by atoms with Gasteiger partial charge in [-0.3, -0.25) is 4.79 Å². The summed E-state index contributed by atoms with van der Waals surface area (Å²) in [5, 5.41) is 15.9. The Kier molecular flexibility index (Phi) is 4.65. The predicted molar refractivity (Wildman–Crippen MR) is 104 cm³/mol. The van der Waals surface area contributed by atoms with E-state index in [1.807, 2.05) is 49.0 Å². The Morgan fingerprint density at radius 3 is 2.78 bits per heavy atom. The van der Waals surface area contributed by atoms with Crippen molar-refractivity contribution in [1.82, 2.24) is 29.7 Å². The fourth-order valence-electron chi connectivity index (χ4n) is 3.63. The Morgan fingerprint density at radius 2 is 2.00 bits per heavy atom. The SMILES string of the molecule is Cc1cnn(C2CCN(C)CC2)c1NC(=O)C(C)n1nnc2ccccc21. The lowest BCUT2D eigenvalue weighted by atomic mass is 10.1. The summed E-state index contributed by atoms with van der Waals surface area (Å²) in [6, 6.07) is 7.49. The highest BCUT2D eigenvalue weighted by Crippen LogP contribution is 2.27. The van der Waals surface area contributed by atoms with Gasteiger partial charge in [-0.05, 0) is 59.0 Å². The van der Waals surface area contributed by atoms with Crippen molar-refractivity contribution < 1.29 is 4.79 Å². The van der Waals surface area contributed by atoms with Gasteiger partial charge in [-0.2, -0.15) is 5.10 Å². The molecule has 2 aromatic heterocycles. The van der Waals surface area contributed by atoms with E-state index < -0.39 is 6.04 Å². The molecule has 1 saturated heterocycles. The number of carbonyl (C=O) groups excluding carboxylic acids is 1. The molecule has 1 fully saturated rings. The van der Waals surface area contributed by atoms with Crippen LogP contribution in [0.4, 0.5) is 5.82 Å². The molecule has 0 bridgehead atoms. The number of rotatable bonds is 4. The Hall–Kier alpha value is -2.74. The summed E-state index contributed by atoms with van der Waals surface area (Å²) in [5.74, 6) is 0.661. The summed E-state index contributed by atoms with van der Waals surface area (Å²) < 4.78 is 3.64. The monoisotopic (exact) mass is 367 g/mol. The number of aromatic nitrogens is 5. The fraction of sp³-hybridized carbons (Fsp3) is 0.474. The molecule has 8 nitrogen and oxygen atoms in total. The highest BCUT2D eigenvalue weighted by atomic mass is 16.2. The first-order chi connectivity index (χ1) is 13.0. The molecule has 1 N–H and O–H groups in total.